The number of rotatable bonds is 7. The summed E-state index contributed by atoms with van der Waals surface area (Å²) in [5.74, 6) is 1.51. The van der Waals surface area contributed by atoms with Gasteiger partial charge in [-0.15, -0.1) is 0 Å². The molecule has 3 aromatic rings. The number of carbonyl (C=O) groups excluding carboxylic acids is 1. The monoisotopic (exact) mass is 479 g/mol. The first-order valence-electron chi connectivity index (χ1n) is 11.6. The average Bonchev–Trinajstić information content (AvgIpc) is 3.26. The number of pyridine rings is 2. The first kappa shape index (κ1) is 22.7. The van der Waals surface area contributed by atoms with E-state index in [0.717, 1.165) is 84.9 Å². The van der Waals surface area contributed by atoms with Gasteiger partial charge in [-0.25, -0.2) is 15.0 Å². The van der Waals surface area contributed by atoms with Crippen LogP contribution in [0.4, 0.5) is 16.8 Å². The number of hydrogen-bond acceptors (Lipinski definition) is 9. The van der Waals surface area contributed by atoms with E-state index < -0.39 is 0 Å². The molecule has 2 aliphatic rings. The maximum absolute atomic E-state index is 12.1. The first-order chi connectivity index (χ1) is 16.7. The van der Waals surface area contributed by atoms with Gasteiger partial charge in [0.1, 0.15) is 22.0 Å². The number of anilines is 3. The maximum Gasteiger partial charge on any atom is 0.246 e. The van der Waals surface area contributed by atoms with Gasteiger partial charge in [0.25, 0.3) is 0 Å². The van der Waals surface area contributed by atoms with Crippen LogP contribution in [0.3, 0.4) is 0 Å². The smallest absolute Gasteiger partial charge is 0.246 e. The van der Waals surface area contributed by atoms with E-state index in [0.29, 0.717) is 6.54 Å². The maximum atomic E-state index is 12.1. The number of nitrogens with one attached hydrogen (secondary N) is 2. The Balaban J connectivity index is 1.37. The summed E-state index contributed by atoms with van der Waals surface area (Å²) < 4.78 is 5.50. The number of hydrogen-bond donors (Lipinski definition) is 2. The Bertz CT molecular complexity index is 1130. The molecule has 3 aromatic heterocycles. The van der Waals surface area contributed by atoms with Gasteiger partial charge in [0.15, 0.2) is 5.13 Å². The zero-order chi connectivity index (χ0) is 23.3. The van der Waals surface area contributed by atoms with Crippen LogP contribution in [0.25, 0.3) is 10.3 Å². The van der Waals surface area contributed by atoms with Crippen molar-refractivity contribution in [2.75, 3.05) is 50.0 Å². The van der Waals surface area contributed by atoms with Gasteiger partial charge in [-0.05, 0) is 48.7 Å². The molecule has 2 fully saturated rings. The van der Waals surface area contributed by atoms with Crippen molar-refractivity contribution in [3.8, 4) is 0 Å². The fourth-order valence-corrected chi connectivity index (χ4v) is 5.21. The van der Waals surface area contributed by atoms with E-state index in [1.54, 1.807) is 6.20 Å². The van der Waals surface area contributed by atoms with Gasteiger partial charge < -0.3 is 20.3 Å². The van der Waals surface area contributed by atoms with Gasteiger partial charge in [-0.3, -0.25) is 9.69 Å². The predicted molar refractivity (Wildman–Crippen MR) is 134 cm³/mol. The fourth-order valence-electron chi connectivity index (χ4n) is 4.40. The van der Waals surface area contributed by atoms with Gasteiger partial charge in [0.2, 0.25) is 5.91 Å². The lowest BCUT2D eigenvalue weighted by Crippen LogP contribution is -2.44. The number of aromatic nitrogens is 3. The summed E-state index contributed by atoms with van der Waals surface area (Å²) in [6.07, 6.45) is 5.10. The molecule has 178 valence electrons. The van der Waals surface area contributed by atoms with E-state index >= 15 is 0 Å². The molecule has 1 unspecified atom stereocenters. The Labute approximate surface area is 202 Å². The quantitative estimate of drug-likeness (QED) is 0.499. The fraction of sp³-hybridized carbons (Fsp3) is 0.417. The summed E-state index contributed by atoms with van der Waals surface area (Å²) >= 11 is 1.51. The Morgan fingerprint density at radius 3 is 2.91 bits per heavy atom. The number of amides is 1. The average molecular weight is 480 g/mol. The van der Waals surface area contributed by atoms with Crippen LogP contribution < -0.4 is 10.6 Å². The van der Waals surface area contributed by atoms with Crippen molar-refractivity contribution in [1.29, 1.82) is 0 Å². The molecule has 2 aliphatic heterocycles. The highest BCUT2D eigenvalue weighted by molar-refractivity contribution is 7.21. The summed E-state index contributed by atoms with van der Waals surface area (Å²) in [4.78, 5) is 31.1. The number of likely N-dealkylation sites (tertiary alicyclic amines) is 1. The van der Waals surface area contributed by atoms with Gasteiger partial charge in [-0.2, -0.15) is 0 Å². The molecule has 0 spiro atoms. The minimum absolute atomic E-state index is 0.0210. The third-order valence-electron chi connectivity index (χ3n) is 6.06. The molecule has 2 N–H and O–H groups in total. The number of piperidine rings is 1. The molecule has 34 heavy (non-hydrogen) atoms. The minimum atomic E-state index is -0.0210. The van der Waals surface area contributed by atoms with Crippen molar-refractivity contribution in [2.45, 2.75) is 25.4 Å². The van der Waals surface area contributed by atoms with E-state index in [2.05, 4.69) is 44.2 Å². The van der Waals surface area contributed by atoms with Crippen molar-refractivity contribution in [1.82, 2.24) is 24.8 Å². The Kier molecular flexibility index (Phi) is 6.98. The number of carbonyl (C=O) groups is 1. The molecule has 1 atom stereocenters. The van der Waals surface area contributed by atoms with Crippen molar-refractivity contribution >= 4 is 44.4 Å². The molecule has 0 aliphatic carbocycles. The number of fused-ring (bicyclic) bond motifs is 1. The van der Waals surface area contributed by atoms with Crippen LogP contribution in [0.1, 0.15) is 18.4 Å². The third-order valence-corrected chi connectivity index (χ3v) is 6.95. The zero-order valence-corrected chi connectivity index (χ0v) is 19.9. The summed E-state index contributed by atoms with van der Waals surface area (Å²) in [5.41, 5.74) is 2.03. The topological polar surface area (TPSA) is 95.5 Å². The van der Waals surface area contributed by atoms with Crippen molar-refractivity contribution in [3.05, 3.63) is 48.7 Å². The number of thiazole rings is 1. The van der Waals surface area contributed by atoms with Crippen LogP contribution in [-0.2, 0) is 16.1 Å². The number of nitrogens with zero attached hydrogens (tertiary/aromatic N) is 5. The molecule has 0 aromatic carbocycles. The second-order valence-electron chi connectivity index (χ2n) is 8.58. The van der Waals surface area contributed by atoms with Crippen LogP contribution in [0.5, 0.6) is 0 Å². The minimum Gasteiger partial charge on any atom is -0.379 e. The van der Waals surface area contributed by atoms with E-state index in [4.69, 9.17) is 9.72 Å². The second-order valence-corrected chi connectivity index (χ2v) is 9.56. The van der Waals surface area contributed by atoms with Gasteiger partial charge >= 0.3 is 0 Å². The highest BCUT2D eigenvalue weighted by Crippen LogP contribution is 2.28. The largest absolute Gasteiger partial charge is 0.379 e. The van der Waals surface area contributed by atoms with Crippen LogP contribution in [0, 0.1) is 0 Å². The number of ether oxygens (including phenoxy) is 1. The van der Waals surface area contributed by atoms with E-state index in [-0.39, 0.29) is 11.9 Å². The normalized spacial score (nSPS) is 19.2. The lowest BCUT2D eigenvalue weighted by molar-refractivity contribution is -0.127. The molecule has 0 bridgehead atoms. The molecule has 5 heterocycles. The predicted octanol–water partition coefficient (Wildman–Crippen LogP) is 3.25. The zero-order valence-electron chi connectivity index (χ0n) is 19.1. The van der Waals surface area contributed by atoms with Gasteiger partial charge in [0.05, 0.1) is 13.2 Å². The molecule has 0 saturated carbocycles. The molecular weight excluding hydrogens is 450 g/mol. The molecule has 2 saturated heterocycles. The first-order valence-corrected chi connectivity index (χ1v) is 12.5. The van der Waals surface area contributed by atoms with Crippen molar-refractivity contribution < 1.29 is 9.53 Å². The van der Waals surface area contributed by atoms with E-state index in [1.807, 2.05) is 17.0 Å². The summed E-state index contributed by atoms with van der Waals surface area (Å²) in [6, 6.07) is 8.17. The van der Waals surface area contributed by atoms with Gasteiger partial charge in [0, 0.05) is 45.0 Å². The van der Waals surface area contributed by atoms with Gasteiger partial charge in [-0.1, -0.05) is 17.9 Å². The molecule has 0 radical (unpaired) electrons. The van der Waals surface area contributed by atoms with Crippen molar-refractivity contribution in [2.24, 2.45) is 0 Å². The van der Waals surface area contributed by atoms with Crippen molar-refractivity contribution in [3.63, 3.8) is 0 Å². The Morgan fingerprint density at radius 2 is 2.09 bits per heavy atom. The SMILES string of the molecule is C=CC(=O)N1CCCC(Nc2cc(CN3CCOCC3)cc(Nc3nc4cccnc4s3)n2)C1. The lowest BCUT2D eigenvalue weighted by atomic mass is 10.1. The molecule has 9 nitrogen and oxygen atoms in total. The summed E-state index contributed by atoms with van der Waals surface area (Å²) in [7, 11) is 0. The Morgan fingerprint density at radius 1 is 1.24 bits per heavy atom. The molecule has 1 amide bonds. The highest BCUT2D eigenvalue weighted by atomic mass is 32.1. The highest BCUT2D eigenvalue weighted by Gasteiger charge is 2.23. The summed E-state index contributed by atoms with van der Waals surface area (Å²) in [6.45, 7) is 9.21. The molecular formula is C24H29N7O2S. The van der Waals surface area contributed by atoms with Crippen LogP contribution >= 0.6 is 11.3 Å². The van der Waals surface area contributed by atoms with E-state index in [1.165, 1.54) is 17.4 Å². The van der Waals surface area contributed by atoms with E-state index in [9.17, 15) is 4.79 Å². The lowest BCUT2D eigenvalue weighted by Gasteiger charge is -2.33. The van der Waals surface area contributed by atoms with Crippen LogP contribution in [0.15, 0.2) is 43.1 Å². The molecule has 5 rings (SSSR count). The van der Waals surface area contributed by atoms with Crippen LogP contribution in [-0.4, -0.2) is 76.1 Å². The third kappa shape index (κ3) is 5.52. The summed E-state index contributed by atoms with van der Waals surface area (Å²) in [5, 5.41) is 7.71. The Hall–Kier alpha value is -3.08. The second kappa shape index (κ2) is 10.5. The molecule has 10 heteroatoms. The number of morpholine rings is 1. The van der Waals surface area contributed by atoms with Crippen LogP contribution in [0.2, 0.25) is 0 Å². The standard InChI is InChI=1S/C24H29N7O2S/c1-2-22(32)31-8-4-5-18(16-31)26-20-13-17(15-30-9-11-33-12-10-30)14-21(28-20)29-24-27-19-6-3-7-25-23(19)34-24/h2-3,6-7,13-14,18H,1,4-5,8-12,15-16H2,(H2,26,27,28,29).